The lowest BCUT2D eigenvalue weighted by Gasteiger charge is -2.07. The summed E-state index contributed by atoms with van der Waals surface area (Å²) < 4.78 is 6.66. The smallest absolute Gasteiger partial charge is 0.122 e. The molecule has 0 aliphatic carbocycles. The van der Waals surface area contributed by atoms with E-state index < -0.39 is 0 Å². The van der Waals surface area contributed by atoms with Crippen LogP contribution in [0.2, 0.25) is 10.0 Å². The van der Waals surface area contributed by atoms with Crippen LogP contribution in [0.4, 0.5) is 0 Å². The third kappa shape index (κ3) is 3.91. The lowest BCUT2D eigenvalue weighted by atomic mass is 10.2. The van der Waals surface area contributed by atoms with Crippen LogP contribution in [0.25, 0.3) is 0 Å². The van der Waals surface area contributed by atoms with E-state index in [1.54, 1.807) is 18.2 Å². The molecule has 0 heterocycles. The highest BCUT2D eigenvalue weighted by Crippen LogP contribution is 2.25. The van der Waals surface area contributed by atoms with Gasteiger partial charge in [0.1, 0.15) is 12.4 Å². The maximum Gasteiger partial charge on any atom is 0.122 e. The maximum atomic E-state index is 5.88. The molecule has 2 aromatic rings. The average Bonchev–Trinajstić information content (AvgIpc) is 2.27. The molecular weight excluding hydrogens is 323 g/mol. The van der Waals surface area contributed by atoms with Crippen molar-refractivity contribution in [2.24, 2.45) is 0 Å². The molecule has 4 heteroatoms. The molecule has 0 spiro atoms. The standard InChI is InChI=1S/C13H9BrCl2O/c14-10-3-1-9(2-4-10)8-17-13-6-11(15)5-12(16)7-13/h1-7H,8H2. The van der Waals surface area contributed by atoms with Gasteiger partial charge in [-0.15, -0.1) is 0 Å². The zero-order valence-corrected chi connectivity index (χ0v) is 11.9. The number of hydrogen-bond donors (Lipinski definition) is 0. The molecule has 0 unspecified atom stereocenters. The Morgan fingerprint density at radius 3 is 2.12 bits per heavy atom. The Labute approximate surface area is 118 Å². The van der Waals surface area contributed by atoms with Crippen LogP contribution in [-0.2, 0) is 6.61 Å². The van der Waals surface area contributed by atoms with Crippen LogP contribution in [0.1, 0.15) is 5.56 Å². The van der Waals surface area contributed by atoms with E-state index >= 15 is 0 Å². The minimum atomic E-state index is 0.490. The van der Waals surface area contributed by atoms with E-state index in [0.717, 1.165) is 10.0 Å². The summed E-state index contributed by atoms with van der Waals surface area (Å²) in [4.78, 5) is 0. The van der Waals surface area contributed by atoms with Crippen LogP contribution in [0, 0.1) is 0 Å². The summed E-state index contributed by atoms with van der Waals surface area (Å²) in [6.07, 6.45) is 0. The monoisotopic (exact) mass is 330 g/mol. The van der Waals surface area contributed by atoms with Crippen molar-refractivity contribution in [3.05, 3.63) is 62.5 Å². The molecule has 0 amide bonds. The molecule has 0 fully saturated rings. The molecule has 1 nitrogen and oxygen atoms in total. The second kappa shape index (κ2) is 5.76. The van der Waals surface area contributed by atoms with E-state index in [0.29, 0.717) is 22.4 Å². The van der Waals surface area contributed by atoms with Crippen LogP contribution in [0.5, 0.6) is 5.75 Å². The Morgan fingerprint density at radius 1 is 0.941 bits per heavy atom. The molecule has 0 atom stereocenters. The topological polar surface area (TPSA) is 9.23 Å². The van der Waals surface area contributed by atoms with E-state index in [1.807, 2.05) is 24.3 Å². The van der Waals surface area contributed by atoms with Crippen LogP contribution < -0.4 is 4.74 Å². The number of hydrogen-bond acceptors (Lipinski definition) is 1. The van der Waals surface area contributed by atoms with Gasteiger partial charge in [0.2, 0.25) is 0 Å². The molecular formula is C13H9BrCl2O. The van der Waals surface area contributed by atoms with Crippen LogP contribution in [0.15, 0.2) is 46.9 Å². The Hall–Kier alpha value is -0.700. The molecule has 17 heavy (non-hydrogen) atoms. The normalized spacial score (nSPS) is 10.3. The molecule has 0 N–H and O–H groups in total. The highest BCUT2D eigenvalue weighted by molar-refractivity contribution is 9.10. The van der Waals surface area contributed by atoms with Gasteiger partial charge in [-0.1, -0.05) is 51.3 Å². The fraction of sp³-hybridized carbons (Fsp3) is 0.0769. The molecule has 0 bridgehead atoms. The Bertz CT molecular complexity index is 491. The largest absolute Gasteiger partial charge is 0.489 e. The molecule has 0 aliphatic heterocycles. The molecule has 0 aromatic heterocycles. The zero-order valence-electron chi connectivity index (χ0n) is 8.79. The number of rotatable bonds is 3. The molecule has 0 saturated carbocycles. The van der Waals surface area contributed by atoms with Crippen molar-refractivity contribution in [2.45, 2.75) is 6.61 Å². The first kappa shape index (κ1) is 12.7. The van der Waals surface area contributed by atoms with Gasteiger partial charge in [-0.05, 0) is 35.9 Å². The van der Waals surface area contributed by atoms with Gasteiger partial charge in [-0.25, -0.2) is 0 Å². The number of ether oxygens (including phenoxy) is 1. The summed E-state index contributed by atoms with van der Waals surface area (Å²) in [5.74, 6) is 0.672. The van der Waals surface area contributed by atoms with E-state index in [1.165, 1.54) is 0 Å². The van der Waals surface area contributed by atoms with Crippen molar-refractivity contribution >= 4 is 39.1 Å². The molecule has 0 aliphatic rings. The summed E-state index contributed by atoms with van der Waals surface area (Å²) in [5.41, 5.74) is 1.09. The zero-order chi connectivity index (χ0) is 12.3. The van der Waals surface area contributed by atoms with Crippen LogP contribution in [-0.4, -0.2) is 0 Å². The number of halogens is 3. The fourth-order valence-corrected chi connectivity index (χ4v) is 2.13. The predicted octanol–water partition coefficient (Wildman–Crippen LogP) is 5.33. The van der Waals surface area contributed by atoms with Gasteiger partial charge in [0, 0.05) is 14.5 Å². The van der Waals surface area contributed by atoms with Gasteiger partial charge < -0.3 is 4.74 Å². The van der Waals surface area contributed by atoms with E-state index in [4.69, 9.17) is 27.9 Å². The summed E-state index contributed by atoms with van der Waals surface area (Å²) in [7, 11) is 0. The van der Waals surface area contributed by atoms with E-state index in [2.05, 4.69) is 15.9 Å². The van der Waals surface area contributed by atoms with E-state index in [9.17, 15) is 0 Å². The average molecular weight is 332 g/mol. The van der Waals surface area contributed by atoms with Gasteiger partial charge in [0.25, 0.3) is 0 Å². The summed E-state index contributed by atoms with van der Waals surface area (Å²) in [6, 6.07) is 13.1. The van der Waals surface area contributed by atoms with E-state index in [-0.39, 0.29) is 0 Å². The van der Waals surface area contributed by atoms with Crippen molar-refractivity contribution in [3.63, 3.8) is 0 Å². The van der Waals surface area contributed by atoms with Crippen LogP contribution in [0.3, 0.4) is 0 Å². The highest BCUT2D eigenvalue weighted by atomic mass is 79.9. The fourth-order valence-electron chi connectivity index (χ4n) is 1.36. The second-order valence-corrected chi connectivity index (χ2v) is 5.31. The van der Waals surface area contributed by atoms with Gasteiger partial charge in [0.05, 0.1) is 0 Å². The van der Waals surface area contributed by atoms with Gasteiger partial charge in [0.15, 0.2) is 0 Å². The third-order valence-electron chi connectivity index (χ3n) is 2.15. The van der Waals surface area contributed by atoms with Gasteiger partial charge in [-0.3, -0.25) is 0 Å². The molecule has 2 aromatic carbocycles. The minimum absolute atomic E-state index is 0.490. The highest BCUT2D eigenvalue weighted by Gasteiger charge is 2.00. The summed E-state index contributed by atoms with van der Waals surface area (Å²) in [5, 5.41) is 1.15. The van der Waals surface area contributed by atoms with Crippen molar-refractivity contribution in [1.29, 1.82) is 0 Å². The van der Waals surface area contributed by atoms with Gasteiger partial charge in [-0.2, -0.15) is 0 Å². The number of benzene rings is 2. The van der Waals surface area contributed by atoms with Crippen molar-refractivity contribution in [1.82, 2.24) is 0 Å². The predicted molar refractivity (Wildman–Crippen MR) is 74.9 cm³/mol. The first-order chi connectivity index (χ1) is 8.13. The van der Waals surface area contributed by atoms with Gasteiger partial charge >= 0.3 is 0 Å². The molecule has 2 rings (SSSR count). The van der Waals surface area contributed by atoms with Crippen molar-refractivity contribution < 1.29 is 4.74 Å². The Morgan fingerprint density at radius 2 is 1.53 bits per heavy atom. The van der Waals surface area contributed by atoms with Crippen molar-refractivity contribution in [2.75, 3.05) is 0 Å². The second-order valence-electron chi connectivity index (χ2n) is 3.52. The maximum absolute atomic E-state index is 5.88. The first-order valence-electron chi connectivity index (χ1n) is 4.97. The molecule has 0 radical (unpaired) electrons. The molecule has 0 saturated heterocycles. The molecule has 88 valence electrons. The Balaban J connectivity index is 2.04. The Kier molecular flexibility index (Phi) is 4.32. The third-order valence-corrected chi connectivity index (χ3v) is 3.12. The summed E-state index contributed by atoms with van der Waals surface area (Å²) >= 11 is 15.1. The lowest BCUT2D eigenvalue weighted by molar-refractivity contribution is 0.306. The lowest BCUT2D eigenvalue weighted by Crippen LogP contribution is -1.95. The first-order valence-corrected chi connectivity index (χ1v) is 6.52. The van der Waals surface area contributed by atoms with Crippen molar-refractivity contribution in [3.8, 4) is 5.75 Å². The quantitative estimate of drug-likeness (QED) is 0.738. The van der Waals surface area contributed by atoms with Crippen LogP contribution >= 0.6 is 39.1 Å². The SMILES string of the molecule is Clc1cc(Cl)cc(OCc2ccc(Br)cc2)c1. The summed E-state index contributed by atoms with van der Waals surface area (Å²) in [6.45, 7) is 0.490. The minimum Gasteiger partial charge on any atom is -0.489 e.